The molecule has 0 bridgehead atoms. The van der Waals surface area contributed by atoms with Crippen LogP contribution in [0, 0.1) is 6.92 Å². The lowest BCUT2D eigenvalue weighted by atomic mass is 10.1. The fourth-order valence-electron chi connectivity index (χ4n) is 2.20. The quantitative estimate of drug-likeness (QED) is 0.670. The molecule has 0 aliphatic carbocycles. The molecule has 1 aromatic heterocycles. The number of Topliss-reactive ketones (excluding diaryl/α,β-unsaturated/α-hetero) is 1. The van der Waals surface area contributed by atoms with Gasteiger partial charge in [0.05, 0.1) is 0 Å². The molecule has 0 aliphatic heterocycles. The molecule has 0 amide bonds. The number of carbonyl (C=O) groups is 1. The molecule has 0 aliphatic rings. The molecule has 23 heavy (non-hydrogen) atoms. The average Bonchev–Trinajstić information content (AvgIpc) is 3.02. The zero-order valence-electron chi connectivity index (χ0n) is 12.9. The Morgan fingerprint density at radius 3 is 2.78 bits per heavy atom. The van der Waals surface area contributed by atoms with Crippen LogP contribution in [0.15, 0.2) is 53.1 Å². The van der Waals surface area contributed by atoms with Gasteiger partial charge in [0.15, 0.2) is 12.4 Å². The lowest BCUT2D eigenvalue weighted by Gasteiger charge is -2.04. The number of hydrogen-bond donors (Lipinski definition) is 0. The van der Waals surface area contributed by atoms with Crippen molar-refractivity contribution in [1.82, 2.24) is 10.1 Å². The zero-order chi connectivity index (χ0) is 16.2. The maximum Gasteiger partial charge on any atom is 0.264 e. The number of aromatic nitrogens is 2. The van der Waals surface area contributed by atoms with Crippen molar-refractivity contribution in [1.29, 1.82) is 0 Å². The molecule has 0 spiro atoms. The molecule has 0 saturated carbocycles. The second-order valence-corrected chi connectivity index (χ2v) is 5.20. The zero-order valence-corrected chi connectivity index (χ0v) is 12.9. The van der Waals surface area contributed by atoms with E-state index in [9.17, 15) is 4.79 Å². The Morgan fingerprint density at radius 2 is 2.00 bits per heavy atom. The summed E-state index contributed by atoms with van der Waals surface area (Å²) in [5, 5.41) is 3.99. The molecule has 5 nitrogen and oxygen atoms in total. The highest BCUT2D eigenvalue weighted by atomic mass is 16.5. The van der Waals surface area contributed by atoms with E-state index in [0.717, 1.165) is 11.1 Å². The van der Waals surface area contributed by atoms with Gasteiger partial charge < -0.3 is 9.26 Å². The van der Waals surface area contributed by atoms with E-state index in [-0.39, 0.29) is 12.4 Å². The number of ether oxygens (including phenoxy) is 1. The van der Waals surface area contributed by atoms with Crippen molar-refractivity contribution in [2.75, 3.05) is 0 Å². The van der Waals surface area contributed by atoms with Crippen molar-refractivity contribution < 1.29 is 14.1 Å². The lowest BCUT2D eigenvalue weighted by Crippen LogP contribution is -1.98. The Kier molecular flexibility index (Phi) is 4.19. The predicted octanol–water partition coefficient (Wildman–Crippen LogP) is 3.83. The Bertz CT molecular complexity index is 840. The normalized spacial score (nSPS) is 10.5. The van der Waals surface area contributed by atoms with Crippen LogP contribution in [0.1, 0.15) is 28.7 Å². The summed E-state index contributed by atoms with van der Waals surface area (Å²) >= 11 is 0. The second-order valence-electron chi connectivity index (χ2n) is 5.20. The van der Waals surface area contributed by atoms with Crippen molar-refractivity contribution in [3.63, 3.8) is 0 Å². The minimum Gasteiger partial charge on any atom is -0.484 e. The minimum atomic E-state index is -0.00456. The topological polar surface area (TPSA) is 65.2 Å². The van der Waals surface area contributed by atoms with Crippen LogP contribution < -0.4 is 4.74 Å². The molecule has 3 aromatic rings. The molecule has 0 radical (unpaired) electrons. The van der Waals surface area contributed by atoms with Crippen LogP contribution in [0.5, 0.6) is 5.75 Å². The molecule has 0 atom stereocenters. The van der Waals surface area contributed by atoms with Crippen LogP contribution in [0.4, 0.5) is 0 Å². The SMILES string of the molecule is CC(=O)c1cccc(OCc2nc(-c3ccccc3C)no2)c1. The molecule has 2 aromatic carbocycles. The first-order chi connectivity index (χ1) is 11.1. The standard InChI is InChI=1S/C18H16N2O3/c1-12-6-3-4-9-16(12)18-19-17(23-20-18)11-22-15-8-5-7-14(10-15)13(2)21/h3-10H,11H2,1-2H3. The van der Waals surface area contributed by atoms with Crippen molar-refractivity contribution in [3.05, 3.63) is 65.5 Å². The number of ketones is 1. The third kappa shape index (κ3) is 3.45. The average molecular weight is 308 g/mol. The molecule has 5 heteroatoms. The molecule has 0 saturated heterocycles. The largest absolute Gasteiger partial charge is 0.484 e. The summed E-state index contributed by atoms with van der Waals surface area (Å²) in [6.07, 6.45) is 0. The van der Waals surface area contributed by atoms with Gasteiger partial charge in [0, 0.05) is 11.1 Å². The molecule has 116 valence electrons. The fourth-order valence-corrected chi connectivity index (χ4v) is 2.20. The molecule has 0 fully saturated rings. The highest BCUT2D eigenvalue weighted by molar-refractivity contribution is 5.94. The first-order valence-electron chi connectivity index (χ1n) is 7.26. The maximum atomic E-state index is 11.4. The van der Waals surface area contributed by atoms with Crippen LogP contribution >= 0.6 is 0 Å². The summed E-state index contributed by atoms with van der Waals surface area (Å²) in [5.41, 5.74) is 2.62. The van der Waals surface area contributed by atoms with E-state index in [0.29, 0.717) is 23.0 Å². The molecule has 3 rings (SSSR count). The van der Waals surface area contributed by atoms with Gasteiger partial charge in [-0.05, 0) is 31.5 Å². The smallest absolute Gasteiger partial charge is 0.264 e. The Hall–Kier alpha value is -2.95. The van der Waals surface area contributed by atoms with Crippen LogP contribution in [0.25, 0.3) is 11.4 Å². The van der Waals surface area contributed by atoms with E-state index in [1.165, 1.54) is 6.92 Å². The van der Waals surface area contributed by atoms with Crippen LogP contribution in [-0.2, 0) is 6.61 Å². The van der Waals surface area contributed by atoms with Crippen LogP contribution in [-0.4, -0.2) is 15.9 Å². The highest BCUT2D eigenvalue weighted by Gasteiger charge is 2.11. The summed E-state index contributed by atoms with van der Waals surface area (Å²) < 4.78 is 10.8. The van der Waals surface area contributed by atoms with E-state index in [1.54, 1.807) is 24.3 Å². The van der Waals surface area contributed by atoms with Gasteiger partial charge in [-0.3, -0.25) is 4.79 Å². The van der Waals surface area contributed by atoms with Gasteiger partial charge in [-0.15, -0.1) is 0 Å². The molecule has 0 N–H and O–H groups in total. The van der Waals surface area contributed by atoms with Crippen molar-refractivity contribution in [2.24, 2.45) is 0 Å². The molecular formula is C18H16N2O3. The Morgan fingerprint density at radius 1 is 1.17 bits per heavy atom. The third-order valence-corrected chi connectivity index (χ3v) is 3.46. The van der Waals surface area contributed by atoms with Gasteiger partial charge >= 0.3 is 0 Å². The summed E-state index contributed by atoms with van der Waals surface area (Å²) in [4.78, 5) is 15.7. The molecule has 0 unspecified atom stereocenters. The van der Waals surface area contributed by atoms with E-state index in [2.05, 4.69) is 10.1 Å². The Labute approximate surface area is 133 Å². The van der Waals surface area contributed by atoms with E-state index < -0.39 is 0 Å². The molecule has 1 heterocycles. The number of nitrogens with zero attached hydrogens (tertiary/aromatic N) is 2. The molecular weight excluding hydrogens is 292 g/mol. The number of hydrogen-bond acceptors (Lipinski definition) is 5. The van der Waals surface area contributed by atoms with Gasteiger partial charge in [0.1, 0.15) is 5.75 Å². The minimum absolute atomic E-state index is 0.00456. The first kappa shape index (κ1) is 15.0. The number of benzene rings is 2. The lowest BCUT2D eigenvalue weighted by molar-refractivity contribution is 0.101. The third-order valence-electron chi connectivity index (χ3n) is 3.46. The maximum absolute atomic E-state index is 11.4. The van der Waals surface area contributed by atoms with Gasteiger partial charge in [-0.2, -0.15) is 4.98 Å². The van der Waals surface area contributed by atoms with Gasteiger partial charge in [-0.1, -0.05) is 41.6 Å². The summed E-state index contributed by atoms with van der Waals surface area (Å²) in [6.45, 7) is 3.67. The first-order valence-corrected chi connectivity index (χ1v) is 7.26. The number of rotatable bonds is 5. The van der Waals surface area contributed by atoms with Crippen molar-refractivity contribution >= 4 is 5.78 Å². The summed E-state index contributed by atoms with van der Waals surface area (Å²) in [7, 11) is 0. The Balaban J connectivity index is 1.72. The van der Waals surface area contributed by atoms with Crippen LogP contribution in [0.3, 0.4) is 0 Å². The van der Waals surface area contributed by atoms with E-state index >= 15 is 0 Å². The van der Waals surface area contributed by atoms with Gasteiger partial charge in [0.2, 0.25) is 5.82 Å². The summed E-state index contributed by atoms with van der Waals surface area (Å²) in [6, 6.07) is 14.8. The monoisotopic (exact) mass is 308 g/mol. The second kappa shape index (κ2) is 6.44. The fraction of sp³-hybridized carbons (Fsp3) is 0.167. The van der Waals surface area contributed by atoms with Crippen molar-refractivity contribution in [3.8, 4) is 17.1 Å². The highest BCUT2D eigenvalue weighted by Crippen LogP contribution is 2.20. The van der Waals surface area contributed by atoms with Crippen LogP contribution in [0.2, 0.25) is 0 Å². The van der Waals surface area contributed by atoms with Gasteiger partial charge in [0.25, 0.3) is 5.89 Å². The number of aryl methyl sites for hydroxylation is 1. The van der Waals surface area contributed by atoms with E-state index in [4.69, 9.17) is 9.26 Å². The number of carbonyl (C=O) groups excluding carboxylic acids is 1. The van der Waals surface area contributed by atoms with Gasteiger partial charge in [-0.25, -0.2) is 0 Å². The summed E-state index contributed by atoms with van der Waals surface area (Å²) in [5.74, 6) is 1.51. The van der Waals surface area contributed by atoms with E-state index in [1.807, 2.05) is 31.2 Å². The van der Waals surface area contributed by atoms with Crippen molar-refractivity contribution in [2.45, 2.75) is 20.5 Å². The predicted molar refractivity (Wildman–Crippen MR) is 85.2 cm³/mol.